The molecule has 1 saturated heterocycles. The van der Waals surface area contributed by atoms with Gasteiger partial charge in [-0.25, -0.2) is 4.98 Å². The van der Waals surface area contributed by atoms with E-state index in [1.807, 2.05) is 4.90 Å². The number of rotatable bonds is 8. The van der Waals surface area contributed by atoms with Crippen molar-refractivity contribution in [3.63, 3.8) is 0 Å². The molecule has 4 aromatic rings. The molecule has 1 aromatic carbocycles. The third-order valence-corrected chi connectivity index (χ3v) is 9.24. The Kier molecular flexibility index (Phi) is 8.46. The van der Waals surface area contributed by atoms with Gasteiger partial charge in [0.05, 0.1) is 22.8 Å². The van der Waals surface area contributed by atoms with Crippen molar-refractivity contribution < 1.29 is 18.0 Å². The number of amides is 1. The molecule has 0 aliphatic carbocycles. The maximum absolute atomic E-state index is 13.5. The van der Waals surface area contributed by atoms with Crippen LogP contribution in [0.15, 0.2) is 59.9 Å². The minimum absolute atomic E-state index is 0.0257. The lowest BCUT2D eigenvalue weighted by atomic mass is 10.1. The average molecular weight is 612 g/mol. The first-order chi connectivity index (χ1) is 20.8. The number of alkyl halides is 3. The van der Waals surface area contributed by atoms with Crippen LogP contribution in [0.3, 0.4) is 0 Å². The predicted octanol–water partition coefficient (Wildman–Crippen LogP) is 3.48. The second kappa shape index (κ2) is 12.4. The standard InChI is InChI=1S/C30H32F3N7O2S/c31-30(32,33)22-4-1-5-23(17-22)39-14-11-37(12-15-39)13-16-40-20-36-28-26(29(40)42)24-6-9-38(19-25(24)43-28)10-8-35-27(41)21-3-2-7-34-18-21/h1-5,7,17-18,20H,6,8-16,19H2,(H,35,41). The molecule has 0 bridgehead atoms. The Bertz CT molecular complexity index is 1650. The van der Waals surface area contributed by atoms with Gasteiger partial charge in [-0.1, -0.05) is 6.07 Å². The first-order valence-corrected chi connectivity index (χ1v) is 15.1. The molecule has 13 heteroatoms. The Hall–Kier alpha value is -3.81. The van der Waals surface area contributed by atoms with Gasteiger partial charge in [0, 0.05) is 88.4 Å². The van der Waals surface area contributed by atoms with E-state index in [4.69, 9.17) is 0 Å². The van der Waals surface area contributed by atoms with Crippen LogP contribution in [0.4, 0.5) is 18.9 Å². The van der Waals surface area contributed by atoms with Crippen molar-refractivity contribution in [2.75, 3.05) is 57.3 Å². The first-order valence-electron chi connectivity index (χ1n) is 14.3. The van der Waals surface area contributed by atoms with Crippen LogP contribution in [-0.2, 0) is 25.7 Å². The summed E-state index contributed by atoms with van der Waals surface area (Å²) in [7, 11) is 0. The SMILES string of the molecule is O=C(NCCN1CCc2c(sc3ncn(CCN4CCN(c5cccc(C(F)(F)F)c5)CC4)c(=O)c23)C1)c1cccnc1. The number of anilines is 1. The molecule has 5 heterocycles. The summed E-state index contributed by atoms with van der Waals surface area (Å²) in [4.78, 5) is 42.8. The molecule has 1 fully saturated rings. The summed E-state index contributed by atoms with van der Waals surface area (Å²) in [5.74, 6) is -0.144. The molecule has 3 aromatic heterocycles. The Labute approximate surface area is 250 Å². The zero-order chi connectivity index (χ0) is 30.0. The number of carbonyl (C=O) groups excluding carboxylic acids is 1. The molecule has 0 saturated carbocycles. The van der Waals surface area contributed by atoms with Gasteiger partial charge < -0.3 is 10.2 Å². The van der Waals surface area contributed by atoms with Gasteiger partial charge in [-0.2, -0.15) is 13.2 Å². The number of aromatic nitrogens is 3. The van der Waals surface area contributed by atoms with E-state index in [1.165, 1.54) is 12.1 Å². The van der Waals surface area contributed by atoms with Crippen molar-refractivity contribution in [3.8, 4) is 0 Å². The van der Waals surface area contributed by atoms with E-state index in [0.29, 0.717) is 75.5 Å². The van der Waals surface area contributed by atoms with Crippen LogP contribution in [0.25, 0.3) is 10.2 Å². The van der Waals surface area contributed by atoms with Crippen molar-refractivity contribution >= 4 is 33.1 Å². The lowest BCUT2D eigenvalue weighted by molar-refractivity contribution is -0.137. The van der Waals surface area contributed by atoms with E-state index >= 15 is 0 Å². The molecular weight excluding hydrogens is 579 g/mol. The number of pyridine rings is 1. The number of carbonyl (C=O) groups is 1. The van der Waals surface area contributed by atoms with E-state index in [-0.39, 0.29) is 11.5 Å². The normalized spacial score (nSPS) is 16.4. The summed E-state index contributed by atoms with van der Waals surface area (Å²) in [5, 5.41) is 3.65. The summed E-state index contributed by atoms with van der Waals surface area (Å²) in [6.07, 6.45) is 1.20. The number of piperazine rings is 1. The van der Waals surface area contributed by atoms with Crippen LogP contribution in [0.5, 0.6) is 0 Å². The fourth-order valence-electron chi connectivity index (χ4n) is 5.71. The first kappa shape index (κ1) is 29.3. The van der Waals surface area contributed by atoms with Crippen LogP contribution < -0.4 is 15.8 Å². The molecule has 1 amide bonds. The summed E-state index contributed by atoms with van der Waals surface area (Å²) >= 11 is 1.56. The summed E-state index contributed by atoms with van der Waals surface area (Å²) < 4.78 is 41.0. The quantitative estimate of drug-likeness (QED) is 0.327. The van der Waals surface area contributed by atoms with Crippen molar-refractivity contribution in [1.29, 1.82) is 0 Å². The topological polar surface area (TPSA) is 86.6 Å². The van der Waals surface area contributed by atoms with Gasteiger partial charge in [0.15, 0.2) is 0 Å². The predicted molar refractivity (Wildman–Crippen MR) is 160 cm³/mol. The molecule has 43 heavy (non-hydrogen) atoms. The maximum Gasteiger partial charge on any atom is 0.416 e. The number of nitrogens with one attached hydrogen (secondary N) is 1. The molecular formula is C30H32F3N7O2S. The van der Waals surface area contributed by atoms with Crippen LogP contribution in [-0.4, -0.2) is 82.6 Å². The molecule has 2 aliphatic rings. The van der Waals surface area contributed by atoms with Crippen LogP contribution >= 0.6 is 11.3 Å². The number of thiophene rings is 1. The number of fused-ring (bicyclic) bond motifs is 3. The van der Waals surface area contributed by atoms with Gasteiger partial charge in [-0.05, 0) is 42.3 Å². The van der Waals surface area contributed by atoms with Crippen molar-refractivity contribution in [1.82, 2.24) is 29.7 Å². The van der Waals surface area contributed by atoms with Gasteiger partial charge in [0.25, 0.3) is 11.5 Å². The highest BCUT2D eigenvalue weighted by atomic mass is 32.1. The second-order valence-corrected chi connectivity index (χ2v) is 11.9. The second-order valence-electron chi connectivity index (χ2n) is 10.8. The van der Waals surface area contributed by atoms with Gasteiger partial charge >= 0.3 is 6.18 Å². The summed E-state index contributed by atoms with van der Waals surface area (Å²) in [5.41, 5.74) is 1.53. The minimum Gasteiger partial charge on any atom is -0.369 e. The van der Waals surface area contributed by atoms with Gasteiger partial charge in [0.1, 0.15) is 4.83 Å². The van der Waals surface area contributed by atoms with E-state index in [9.17, 15) is 22.8 Å². The number of nitrogens with zero attached hydrogens (tertiary/aromatic N) is 6. The minimum atomic E-state index is -4.36. The van der Waals surface area contributed by atoms with E-state index < -0.39 is 11.7 Å². The molecule has 1 N–H and O–H groups in total. The third-order valence-electron chi connectivity index (χ3n) is 8.11. The molecule has 0 atom stereocenters. The summed E-state index contributed by atoms with van der Waals surface area (Å²) in [6.45, 7) is 6.55. The molecule has 226 valence electrons. The number of hydrogen-bond donors (Lipinski definition) is 1. The molecule has 2 aliphatic heterocycles. The molecule has 0 spiro atoms. The largest absolute Gasteiger partial charge is 0.416 e. The van der Waals surface area contributed by atoms with E-state index in [0.717, 1.165) is 34.3 Å². The molecule has 0 radical (unpaired) electrons. The molecule has 9 nitrogen and oxygen atoms in total. The third kappa shape index (κ3) is 6.58. The lowest BCUT2D eigenvalue weighted by Crippen LogP contribution is -2.47. The average Bonchev–Trinajstić information content (AvgIpc) is 3.39. The monoisotopic (exact) mass is 611 g/mol. The van der Waals surface area contributed by atoms with Crippen LogP contribution in [0.1, 0.15) is 26.4 Å². The van der Waals surface area contributed by atoms with Crippen molar-refractivity contribution in [2.24, 2.45) is 0 Å². The Balaban J connectivity index is 1.03. The van der Waals surface area contributed by atoms with Gasteiger partial charge in [0.2, 0.25) is 0 Å². The highest BCUT2D eigenvalue weighted by molar-refractivity contribution is 7.18. The highest BCUT2D eigenvalue weighted by Gasteiger charge is 2.31. The maximum atomic E-state index is 13.5. The smallest absolute Gasteiger partial charge is 0.369 e. The van der Waals surface area contributed by atoms with Crippen molar-refractivity contribution in [2.45, 2.75) is 25.7 Å². The Morgan fingerprint density at radius 2 is 1.84 bits per heavy atom. The number of benzene rings is 1. The van der Waals surface area contributed by atoms with Crippen LogP contribution in [0.2, 0.25) is 0 Å². The highest BCUT2D eigenvalue weighted by Crippen LogP contribution is 2.33. The van der Waals surface area contributed by atoms with E-state index in [1.54, 1.807) is 52.8 Å². The van der Waals surface area contributed by atoms with Gasteiger partial charge in [-0.3, -0.25) is 28.9 Å². The fourth-order valence-corrected chi connectivity index (χ4v) is 6.93. The van der Waals surface area contributed by atoms with Gasteiger partial charge in [-0.15, -0.1) is 11.3 Å². The fraction of sp³-hybridized carbons (Fsp3) is 0.400. The Morgan fingerprint density at radius 1 is 1.00 bits per heavy atom. The molecule has 0 unspecified atom stereocenters. The zero-order valence-electron chi connectivity index (χ0n) is 23.5. The zero-order valence-corrected chi connectivity index (χ0v) is 24.3. The van der Waals surface area contributed by atoms with E-state index in [2.05, 4.69) is 25.1 Å². The van der Waals surface area contributed by atoms with Crippen molar-refractivity contribution in [3.05, 3.63) is 87.0 Å². The molecule has 6 rings (SSSR count). The lowest BCUT2D eigenvalue weighted by Gasteiger charge is -2.36. The number of hydrogen-bond acceptors (Lipinski definition) is 8. The number of halogens is 3. The summed E-state index contributed by atoms with van der Waals surface area (Å²) in [6, 6.07) is 8.93. The Morgan fingerprint density at radius 3 is 2.60 bits per heavy atom. The van der Waals surface area contributed by atoms with Crippen LogP contribution in [0, 0.1) is 0 Å².